The number of nitrogens with one attached hydrogen (secondary N) is 1. The number of hydrogen-bond donors (Lipinski definition) is 2. The highest BCUT2D eigenvalue weighted by molar-refractivity contribution is 5.77. The van der Waals surface area contributed by atoms with Gasteiger partial charge < -0.3 is 15.2 Å². The van der Waals surface area contributed by atoms with Gasteiger partial charge in [0, 0.05) is 6.54 Å². The predicted octanol–water partition coefficient (Wildman–Crippen LogP) is 2.10. The maximum Gasteiger partial charge on any atom is 0.246 e. The van der Waals surface area contributed by atoms with E-state index in [4.69, 9.17) is 4.74 Å². The van der Waals surface area contributed by atoms with E-state index < -0.39 is 6.10 Å². The van der Waals surface area contributed by atoms with E-state index in [1.807, 2.05) is 20.8 Å². The first-order valence-electron chi connectivity index (χ1n) is 7.35. The van der Waals surface area contributed by atoms with Gasteiger partial charge in [-0.3, -0.25) is 4.79 Å². The molecule has 3 unspecified atom stereocenters. The van der Waals surface area contributed by atoms with Gasteiger partial charge in [0.15, 0.2) is 0 Å². The number of aliphatic hydroxyl groups is 1. The summed E-state index contributed by atoms with van der Waals surface area (Å²) in [5.41, 5.74) is -0.215. The van der Waals surface area contributed by atoms with E-state index in [9.17, 15) is 9.90 Å². The third-order valence-electron chi connectivity index (χ3n) is 3.83. The van der Waals surface area contributed by atoms with Crippen LogP contribution in [0.15, 0.2) is 0 Å². The van der Waals surface area contributed by atoms with Gasteiger partial charge in [0.1, 0.15) is 6.61 Å². The second-order valence-corrected chi connectivity index (χ2v) is 6.89. The van der Waals surface area contributed by atoms with Gasteiger partial charge in [0.2, 0.25) is 5.91 Å². The van der Waals surface area contributed by atoms with E-state index in [1.165, 1.54) is 12.8 Å². The summed E-state index contributed by atoms with van der Waals surface area (Å²) < 4.78 is 5.64. The fourth-order valence-electron chi connectivity index (χ4n) is 2.29. The normalized spacial score (nSPS) is 25.9. The minimum atomic E-state index is -0.536. The van der Waals surface area contributed by atoms with Crippen LogP contribution in [-0.2, 0) is 9.53 Å². The Labute approximate surface area is 116 Å². The average Bonchev–Trinajstić information content (AvgIpc) is 2.32. The Morgan fingerprint density at radius 2 is 2.11 bits per heavy atom. The zero-order valence-electron chi connectivity index (χ0n) is 12.7. The maximum atomic E-state index is 11.7. The first kappa shape index (κ1) is 16.4. The summed E-state index contributed by atoms with van der Waals surface area (Å²) in [5, 5.41) is 12.6. The van der Waals surface area contributed by atoms with Crippen LogP contribution in [0.2, 0.25) is 0 Å². The van der Waals surface area contributed by atoms with Gasteiger partial charge in [-0.05, 0) is 24.2 Å². The molecule has 0 bridgehead atoms. The van der Waals surface area contributed by atoms with E-state index in [0.717, 1.165) is 12.8 Å². The van der Waals surface area contributed by atoms with E-state index in [1.54, 1.807) is 0 Å². The van der Waals surface area contributed by atoms with Crippen molar-refractivity contribution in [1.82, 2.24) is 5.32 Å². The molecule has 1 aliphatic carbocycles. The first-order valence-corrected chi connectivity index (χ1v) is 7.35. The van der Waals surface area contributed by atoms with Crippen molar-refractivity contribution in [3.05, 3.63) is 0 Å². The standard InChI is InChI=1S/C15H29NO3/c1-11-6-5-7-12(8-11)19-10-14(18)16-9-13(17)15(2,3)4/h11-13,17H,5-10H2,1-4H3,(H,16,18). The Bertz CT molecular complexity index is 286. The smallest absolute Gasteiger partial charge is 0.246 e. The molecule has 1 rings (SSSR count). The quantitative estimate of drug-likeness (QED) is 0.805. The van der Waals surface area contributed by atoms with Crippen LogP contribution < -0.4 is 5.32 Å². The highest BCUT2D eigenvalue weighted by Gasteiger charge is 2.23. The fourth-order valence-corrected chi connectivity index (χ4v) is 2.29. The number of ether oxygens (including phenoxy) is 1. The van der Waals surface area contributed by atoms with Crippen LogP contribution in [0.3, 0.4) is 0 Å². The Morgan fingerprint density at radius 1 is 1.42 bits per heavy atom. The minimum Gasteiger partial charge on any atom is -0.391 e. The molecule has 0 aromatic rings. The van der Waals surface area contributed by atoms with Gasteiger partial charge in [-0.15, -0.1) is 0 Å². The van der Waals surface area contributed by atoms with Gasteiger partial charge in [-0.2, -0.15) is 0 Å². The highest BCUT2D eigenvalue weighted by atomic mass is 16.5. The van der Waals surface area contributed by atoms with Crippen molar-refractivity contribution in [2.24, 2.45) is 11.3 Å². The molecule has 0 radical (unpaired) electrons. The summed E-state index contributed by atoms with van der Waals surface area (Å²) in [5.74, 6) is 0.561. The van der Waals surface area contributed by atoms with Gasteiger partial charge in [-0.25, -0.2) is 0 Å². The molecule has 1 fully saturated rings. The van der Waals surface area contributed by atoms with E-state index in [0.29, 0.717) is 5.92 Å². The summed E-state index contributed by atoms with van der Waals surface area (Å²) in [4.78, 5) is 11.7. The van der Waals surface area contributed by atoms with Gasteiger partial charge in [-0.1, -0.05) is 40.5 Å². The van der Waals surface area contributed by atoms with E-state index in [-0.39, 0.29) is 30.6 Å². The van der Waals surface area contributed by atoms with Crippen LogP contribution in [0, 0.1) is 11.3 Å². The van der Waals surface area contributed by atoms with Gasteiger partial charge >= 0.3 is 0 Å². The fraction of sp³-hybridized carbons (Fsp3) is 0.933. The van der Waals surface area contributed by atoms with Crippen LogP contribution in [0.4, 0.5) is 0 Å². The van der Waals surface area contributed by atoms with Gasteiger partial charge in [0.25, 0.3) is 0 Å². The monoisotopic (exact) mass is 271 g/mol. The van der Waals surface area contributed by atoms with Gasteiger partial charge in [0.05, 0.1) is 12.2 Å². The molecule has 0 aromatic heterocycles. The number of carbonyl (C=O) groups is 1. The van der Waals surface area contributed by atoms with Crippen LogP contribution in [0.5, 0.6) is 0 Å². The minimum absolute atomic E-state index is 0.105. The third-order valence-corrected chi connectivity index (χ3v) is 3.83. The lowest BCUT2D eigenvalue weighted by atomic mass is 9.89. The lowest BCUT2D eigenvalue weighted by Crippen LogP contribution is -2.41. The van der Waals surface area contributed by atoms with Crippen molar-refractivity contribution in [2.45, 2.75) is 65.6 Å². The van der Waals surface area contributed by atoms with Crippen molar-refractivity contribution >= 4 is 5.91 Å². The molecule has 0 aliphatic heterocycles. The molecular weight excluding hydrogens is 242 g/mol. The molecule has 0 aromatic carbocycles. The summed E-state index contributed by atoms with van der Waals surface area (Å²) in [6, 6.07) is 0. The van der Waals surface area contributed by atoms with Crippen molar-refractivity contribution < 1.29 is 14.6 Å². The van der Waals surface area contributed by atoms with E-state index >= 15 is 0 Å². The molecule has 1 aliphatic rings. The third kappa shape index (κ3) is 6.39. The number of carbonyl (C=O) groups excluding carboxylic acids is 1. The lowest BCUT2D eigenvalue weighted by molar-refractivity contribution is -0.129. The van der Waals surface area contributed by atoms with Crippen molar-refractivity contribution in [3.8, 4) is 0 Å². The molecule has 0 saturated heterocycles. The zero-order chi connectivity index (χ0) is 14.5. The molecule has 112 valence electrons. The Morgan fingerprint density at radius 3 is 2.68 bits per heavy atom. The number of aliphatic hydroxyl groups excluding tert-OH is 1. The molecule has 1 saturated carbocycles. The van der Waals surface area contributed by atoms with Crippen LogP contribution in [-0.4, -0.2) is 36.4 Å². The number of hydrogen-bond acceptors (Lipinski definition) is 3. The van der Waals surface area contributed by atoms with Crippen molar-refractivity contribution in [2.75, 3.05) is 13.2 Å². The van der Waals surface area contributed by atoms with Crippen molar-refractivity contribution in [3.63, 3.8) is 0 Å². The molecule has 0 spiro atoms. The topological polar surface area (TPSA) is 58.6 Å². The van der Waals surface area contributed by atoms with Crippen LogP contribution in [0.25, 0.3) is 0 Å². The summed E-state index contributed by atoms with van der Waals surface area (Å²) >= 11 is 0. The second-order valence-electron chi connectivity index (χ2n) is 6.89. The summed E-state index contributed by atoms with van der Waals surface area (Å²) in [6.45, 7) is 8.47. The van der Waals surface area contributed by atoms with Crippen LogP contribution in [0.1, 0.15) is 53.4 Å². The number of rotatable bonds is 5. The molecule has 4 heteroatoms. The van der Waals surface area contributed by atoms with Crippen LogP contribution >= 0.6 is 0 Å². The second kappa shape index (κ2) is 7.25. The maximum absolute atomic E-state index is 11.7. The Hall–Kier alpha value is -0.610. The number of amides is 1. The average molecular weight is 271 g/mol. The predicted molar refractivity (Wildman–Crippen MR) is 75.8 cm³/mol. The molecule has 0 heterocycles. The van der Waals surface area contributed by atoms with E-state index in [2.05, 4.69) is 12.2 Å². The SMILES string of the molecule is CC1CCCC(OCC(=O)NCC(O)C(C)(C)C)C1. The Kier molecular flexibility index (Phi) is 6.27. The summed E-state index contributed by atoms with van der Waals surface area (Å²) in [6.07, 6.45) is 4.26. The lowest BCUT2D eigenvalue weighted by Gasteiger charge is -2.27. The molecule has 4 nitrogen and oxygen atoms in total. The summed E-state index contributed by atoms with van der Waals surface area (Å²) in [7, 11) is 0. The zero-order valence-corrected chi connectivity index (χ0v) is 12.7. The molecule has 3 atom stereocenters. The Balaban J connectivity index is 2.17. The highest BCUT2D eigenvalue weighted by Crippen LogP contribution is 2.25. The molecule has 2 N–H and O–H groups in total. The van der Waals surface area contributed by atoms with Crippen molar-refractivity contribution in [1.29, 1.82) is 0 Å². The molecule has 1 amide bonds. The first-order chi connectivity index (χ1) is 8.79. The molecular formula is C15H29NO3. The largest absolute Gasteiger partial charge is 0.391 e. The molecule has 19 heavy (non-hydrogen) atoms.